The summed E-state index contributed by atoms with van der Waals surface area (Å²) in [4.78, 5) is 25.2. The van der Waals surface area contributed by atoms with E-state index in [0.29, 0.717) is 41.2 Å². The molecule has 1 aliphatic heterocycles. The van der Waals surface area contributed by atoms with Gasteiger partial charge in [0.15, 0.2) is 11.6 Å². The Bertz CT molecular complexity index is 1290. The molecule has 0 bridgehead atoms. The number of rotatable bonds is 11. The maximum absolute atomic E-state index is 11.7. The summed E-state index contributed by atoms with van der Waals surface area (Å²) in [5.41, 5.74) is 3.58. The number of ketones is 1. The topological polar surface area (TPSA) is 91.8 Å². The molecule has 1 aliphatic rings. The molecule has 0 saturated carbocycles. The Kier molecular flexibility index (Phi) is 9.04. The molecule has 1 aromatic heterocycles. The summed E-state index contributed by atoms with van der Waals surface area (Å²) < 4.78 is 11.4. The van der Waals surface area contributed by atoms with Gasteiger partial charge < -0.3 is 29.9 Å². The van der Waals surface area contributed by atoms with Crippen molar-refractivity contribution in [1.82, 2.24) is 14.9 Å². The number of anilines is 4. The molecule has 0 amide bonds. The molecular weight excluding hydrogens is 504 g/mol. The van der Waals surface area contributed by atoms with Crippen molar-refractivity contribution in [3.63, 3.8) is 0 Å². The first-order valence-electron chi connectivity index (χ1n) is 12.4. The number of ether oxygens (including phenoxy) is 2. The van der Waals surface area contributed by atoms with E-state index < -0.39 is 0 Å². The van der Waals surface area contributed by atoms with E-state index in [0.717, 1.165) is 48.7 Å². The maximum atomic E-state index is 11.7. The maximum Gasteiger partial charge on any atom is 0.229 e. The standard InChI is InChI=1S/C28H33ClN6O3/c1-5-21(36)14-19-7-6-8-20(13-19)17-30-27-22(29)18-31-28(33-27)32-23-15-26(38-4)24(16-25(23)37-3)35-11-9-34(2)10-12-35/h5-8,13,15-16,18H,1,9-12,14,17H2,2-4H3,(H2,30,31,32,33). The van der Waals surface area contributed by atoms with Gasteiger partial charge in [0.05, 0.1) is 31.8 Å². The number of benzene rings is 2. The molecule has 2 aromatic carbocycles. The first-order valence-corrected chi connectivity index (χ1v) is 12.7. The normalized spacial score (nSPS) is 13.6. The smallest absolute Gasteiger partial charge is 0.229 e. The summed E-state index contributed by atoms with van der Waals surface area (Å²) in [5, 5.41) is 6.89. The van der Waals surface area contributed by atoms with Crippen molar-refractivity contribution in [1.29, 1.82) is 0 Å². The molecule has 200 valence electrons. The Morgan fingerprint density at radius 2 is 1.84 bits per heavy atom. The van der Waals surface area contributed by atoms with E-state index in [4.69, 9.17) is 21.1 Å². The number of methoxy groups -OCH3 is 2. The van der Waals surface area contributed by atoms with Crippen LogP contribution in [0.2, 0.25) is 5.02 Å². The van der Waals surface area contributed by atoms with E-state index in [1.165, 1.54) is 6.08 Å². The molecule has 4 rings (SSSR count). The molecule has 3 aromatic rings. The zero-order chi connectivity index (χ0) is 27.1. The van der Waals surface area contributed by atoms with Crippen molar-refractivity contribution in [2.45, 2.75) is 13.0 Å². The number of hydrogen-bond acceptors (Lipinski definition) is 9. The van der Waals surface area contributed by atoms with Gasteiger partial charge in [-0.25, -0.2) is 4.98 Å². The Morgan fingerprint density at radius 3 is 2.55 bits per heavy atom. The van der Waals surface area contributed by atoms with Crippen molar-refractivity contribution in [2.75, 3.05) is 63.0 Å². The third kappa shape index (κ3) is 6.73. The predicted molar refractivity (Wildman–Crippen MR) is 152 cm³/mol. The van der Waals surface area contributed by atoms with Gasteiger partial charge in [-0.2, -0.15) is 4.98 Å². The minimum Gasteiger partial charge on any atom is -0.494 e. The van der Waals surface area contributed by atoms with E-state index in [1.54, 1.807) is 20.4 Å². The number of piperazine rings is 1. The van der Waals surface area contributed by atoms with Crippen LogP contribution in [0, 0.1) is 0 Å². The van der Waals surface area contributed by atoms with Crippen LogP contribution in [0.5, 0.6) is 11.5 Å². The van der Waals surface area contributed by atoms with Crippen LogP contribution in [0.15, 0.2) is 55.3 Å². The molecule has 38 heavy (non-hydrogen) atoms. The molecule has 0 aliphatic carbocycles. The lowest BCUT2D eigenvalue weighted by atomic mass is 10.1. The van der Waals surface area contributed by atoms with Crippen molar-refractivity contribution >= 4 is 40.5 Å². The van der Waals surface area contributed by atoms with Crippen molar-refractivity contribution < 1.29 is 14.3 Å². The number of hydrogen-bond donors (Lipinski definition) is 2. The molecule has 0 radical (unpaired) electrons. The van der Waals surface area contributed by atoms with Gasteiger partial charge in [0.1, 0.15) is 16.5 Å². The van der Waals surface area contributed by atoms with Crippen LogP contribution in [-0.2, 0) is 17.8 Å². The molecule has 1 fully saturated rings. The van der Waals surface area contributed by atoms with Gasteiger partial charge in [0, 0.05) is 51.3 Å². The van der Waals surface area contributed by atoms with Crippen LogP contribution in [0.3, 0.4) is 0 Å². The lowest BCUT2D eigenvalue weighted by molar-refractivity contribution is -0.114. The number of halogens is 1. The van der Waals surface area contributed by atoms with Crippen LogP contribution in [0.25, 0.3) is 0 Å². The van der Waals surface area contributed by atoms with Gasteiger partial charge in [-0.05, 0) is 24.3 Å². The largest absolute Gasteiger partial charge is 0.494 e. The zero-order valence-corrected chi connectivity index (χ0v) is 22.7. The quantitative estimate of drug-likeness (QED) is 0.342. The van der Waals surface area contributed by atoms with Crippen LogP contribution < -0.4 is 25.0 Å². The first-order chi connectivity index (χ1) is 18.4. The predicted octanol–water partition coefficient (Wildman–Crippen LogP) is 4.55. The number of likely N-dealkylation sites (N-methyl/N-ethyl adjacent to an activating group) is 1. The highest BCUT2D eigenvalue weighted by Gasteiger charge is 2.21. The molecule has 10 heteroatoms. The average molecular weight is 537 g/mol. The van der Waals surface area contributed by atoms with Crippen LogP contribution in [0.1, 0.15) is 11.1 Å². The molecule has 0 atom stereocenters. The molecule has 1 saturated heterocycles. The molecule has 9 nitrogen and oxygen atoms in total. The number of nitrogens with zero attached hydrogens (tertiary/aromatic N) is 4. The number of nitrogens with one attached hydrogen (secondary N) is 2. The second kappa shape index (κ2) is 12.6. The third-order valence-electron chi connectivity index (χ3n) is 6.39. The van der Waals surface area contributed by atoms with E-state index in [9.17, 15) is 4.79 Å². The Hall–Kier alpha value is -3.82. The van der Waals surface area contributed by atoms with Gasteiger partial charge >= 0.3 is 0 Å². The van der Waals surface area contributed by atoms with E-state index >= 15 is 0 Å². The third-order valence-corrected chi connectivity index (χ3v) is 6.67. The Morgan fingerprint density at radius 1 is 1.11 bits per heavy atom. The summed E-state index contributed by atoms with van der Waals surface area (Å²) in [6.45, 7) is 7.79. The summed E-state index contributed by atoms with van der Waals surface area (Å²) in [6.07, 6.45) is 3.20. The summed E-state index contributed by atoms with van der Waals surface area (Å²) in [7, 11) is 5.42. The fraction of sp³-hybridized carbons (Fsp3) is 0.321. The lowest BCUT2D eigenvalue weighted by Gasteiger charge is -2.35. The summed E-state index contributed by atoms with van der Waals surface area (Å²) in [5.74, 6) is 2.21. The number of carbonyl (C=O) groups excluding carboxylic acids is 1. The molecule has 2 heterocycles. The SMILES string of the molecule is C=CC(=O)Cc1cccc(CNc2nc(Nc3cc(OC)c(N4CCN(C)CC4)cc3OC)ncc2Cl)c1. The highest BCUT2D eigenvalue weighted by atomic mass is 35.5. The fourth-order valence-corrected chi connectivity index (χ4v) is 4.41. The lowest BCUT2D eigenvalue weighted by Crippen LogP contribution is -2.44. The van der Waals surface area contributed by atoms with Crippen LogP contribution >= 0.6 is 11.6 Å². The second-order valence-corrected chi connectivity index (χ2v) is 9.46. The second-order valence-electron chi connectivity index (χ2n) is 9.05. The van der Waals surface area contributed by atoms with Crippen molar-refractivity contribution in [3.8, 4) is 11.5 Å². The zero-order valence-electron chi connectivity index (χ0n) is 22.0. The van der Waals surface area contributed by atoms with Gasteiger partial charge in [-0.3, -0.25) is 4.79 Å². The highest BCUT2D eigenvalue weighted by Crippen LogP contribution is 2.40. The number of aromatic nitrogens is 2. The Balaban J connectivity index is 1.51. The monoisotopic (exact) mass is 536 g/mol. The average Bonchev–Trinajstić information content (AvgIpc) is 2.93. The fourth-order valence-electron chi connectivity index (χ4n) is 4.25. The van der Waals surface area contributed by atoms with Gasteiger partial charge in [-0.15, -0.1) is 0 Å². The molecule has 0 spiro atoms. The minimum absolute atomic E-state index is 0.0201. The van der Waals surface area contributed by atoms with Crippen molar-refractivity contribution in [2.24, 2.45) is 0 Å². The van der Waals surface area contributed by atoms with Gasteiger partial charge in [0.2, 0.25) is 5.95 Å². The highest BCUT2D eigenvalue weighted by molar-refractivity contribution is 6.32. The minimum atomic E-state index is -0.0201. The number of allylic oxidation sites excluding steroid dienone is 1. The molecule has 2 N–H and O–H groups in total. The summed E-state index contributed by atoms with van der Waals surface area (Å²) >= 11 is 6.38. The van der Waals surface area contributed by atoms with E-state index in [-0.39, 0.29) is 5.78 Å². The van der Waals surface area contributed by atoms with Crippen LogP contribution in [-0.4, -0.2) is 68.1 Å². The van der Waals surface area contributed by atoms with E-state index in [1.807, 2.05) is 36.4 Å². The van der Waals surface area contributed by atoms with Gasteiger partial charge in [0.25, 0.3) is 0 Å². The number of carbonyl (C=O) groups is 1. The van der Waals surface area contributed by atoms with Gasteiger partial charge in [-0.1, -0.05) is 42.4 Å². The summed E-state index contributed by atoms with van der Waals surface area (Å²) in [6, 6.07) is 11.7. The van der Waals surface area contributed by atoms with E-state index in [2.05, 4.69) is 44.0 Å². The first kappa shape index (κ1) is 27.2. The van der Waals surface area contributed by atoms with Crippen LogP contribution in [0.4, 0.5) is 23.1 Å². The molecule has 0 unspecified atom stereocenters. The van der Waals surface area contributed by atoms with Crippen molar-refractivity contribution in [3.05, 3.63) is 71.4 Å². The molecular formula is C28H33ClN6O3. The Labute approximate surface area is 228 Å².